The summed E-state index contributed by atoms with van der Waals surface area (Å²) >= 11 is 3.71. The molecule has 1 aliphatic heterocycles. The minimum atomic E-state index is 0.510. The lowest BCUT2D eigenvalue weighted by atomic mass is 9.96. The van der Waals surface area contributed by atoms with Gasteiger partial charge in [-0.3, -0.25) is 9.58 Å². The molecule has 2 atom stereocenters. The summed E-state index contributed by atoms with van der Waals surface area (Å²) in [5.74, 6) is 0. The fraction of sp³-hybridized carbons (Fsp3) is 0.786. The molecule has 0 aromatic carbocycles. The van der Waals surface area contributed by atoms with Crippen molar-refractivity contribution in [2.75, 3.05) is 6.54 Å². The van der Waals surface area contributed by atoms with Crippen LogP contribution in [-0.4, -0.2) is 33.3 Å². The number of nitrogens with zero attached hydrogens (tertiary/aromatic N) is 3. The van der Waals surface area contributed by atoms with Gasteiger partial charge in [-0.25, -0.2) is 0 Å². The third kappa shape index (κ3) is 3.03. The molecule has 1 aromatic rings. The van der Waals surface area contributed by atoms with Crippen molar-refractivity contribution in [2.45, 2.75) is 58.2 Å². The van der Waals surface area contributed by atoms with E-state index in [2.05, 4.69) is 39.8 Å². The highest BCUT2D eigenvalue weighted by molar-refractivity contribution is 9.10. The summed E-state index contributed by atoms with van der Waals surface area (Å²) in [6.07, 6.45) is 4.75. The number of hydrogen-bond donors (Lipinski definition) is 1. The molecule has 5 heteroatoms. The first-order valence-corrected chi connectivity index (χ1v) is 8.03. The smallest absolute Gasteiger partial charge is 0.0767 e. The topological polar surface area (TPSA) is 47.1 Å². The molecule has 2 N–H and O–H groups in total. The molecule has 108 valence electrons. The van der Waals surface area contributed by atoms with Crippen molar-refractivity contribution in [3.8, 4) is 0 Å². The van der Waals surface area contributed by atoms with Gasteiger partial charge in [-0.05, 0) is 42.1 Å². The zero-order chi connectivity index (χ0) is 14.0. The van der Waals surface area contributed by atoms with Crippen molar-refractivity contribution < 1.29 is 0 Å². The van der Waals surface area contributed by atoms with Gasteiger partial charge in [-0.15, -0.1) is 0 Å². The van der Waals surface area contributed by atoms with Crippen LogP contribution < -0.4 is 5.73 Å². The maximum absolute atomic E-state index is 5.94. The molecule has 2 rings (SSSR count). The van der Waals surface area contributed by atoms with E-state index in [1.165, 1.54) is 29.4 Å². The van der Waals surface area contributed by atoms with E-state index < -0.39 is 0 Å². The van der Waals surface area contributed by atoms with Crippen molar-refractivity contribution in [2.24, 2.45) is 12.8 Å². The van der Waals surface area contributed by atoms with Crippen LogP contribution >= 0.6 is 15.9 Å². The number of rotatable bonds is 4. The Morgan fingerprint density at radius 1 is 1.42 bits per heavy atom. The van der Waals surface area contributed by atoms with Gasteiger partial charge in [0.1, 0.15) is 0 Å². The Labute approximate surface area is 124 Å². The molecular formula is C14H25BrN4. The number of hydrogen-bond acceptors (Lipinski definition) is 3. The Hall–Kier alpha value is -0.390. The lowest BCUT2D eigenvalue weighted by Gasteiger charge is -2.40. The van der Waals surface area contributed by atoms with Crippen LogP contribution in [0.1, 0.15) is 44.5 Å². The predicted molar refractivity (Wildman–Crippen MR) is 82.0 cm³/mol. The minimum absolute atomic E-state index is 0.510. The summed E-state index contributed by atoms with van der Waals surface area (Å²) in [4.78, 5) is 2.55. The first-order valence-electron chi connectivity index (χ1n) is 7.24. The second-order valence-corrected chi connectivity index (χ2v) is 6.32. The SMILES string of the molecule is CCc1nn(C)c(CN2C(C)CCCC2CN)c1Br. The number of aromatic nitrogens is 2. The van der Waals surface area contributed by atoms with Gasteiger partial charge >= 0.3 is 0 Å². The van der Waals surface area contributed by atoms with E-state index >= 15 is 0 Å². The molecule has 4 nitrogen and oxygen atoms in total. The summed E-state index contributed by atoms with van der Waals surface area (Å²) in [5, 5.41) is 4.58. The molecule has 0 radical (unpaired) electrons. The first kappa shape index (κ1) is 15.0. The highest BCUT2D eigenvalue weighted by atomic mass is 79.9. The van der Waals surface area contributed by atoms with Crippen LogP contribution in [0.15, 0.2) is 4.47 Å². The number of likely N-dealkylation sites (tertiary alicyclic amines) is 1. The van der Waals surface area contributed by atoms with E-state index in [9.17, 15) is 0 Å². The van der Waals surface area contributed by atoms with E-state index in [0.717, 1.165) is 25.2 Å². The Morgan fingerprint density at radius 3 is 2.74 bits per heavy atom. The predicted octanol–water partition coefficient (Wildman–Crippen LogP) is 2.45. The quantitative estimate of drug-likeness (QED) is 0.923. The minimum Gasteiger partial charge on any atom is -0.329 e. The summed E-state index contributed by atoms with van der Waals surface area (Å²) in [6.45, 7) is 6.14. The fourth-order valence-corrected chi connectivity index (χ4v) is 3.78. The summed E-state index contributed by atoms with van der Waals surface area (Å²) in [7, 11) is 2.03. The van der Waals surface area contributed by atoms with Gasteiger partial charge in [0.05, 0.1) is 15.9 Å². The van der Waals surface area contributed by atoms with E-state index in [1.807, 2.05) is 11.7 Å². The van der Waals surface area contributed by atoms with Crippen molar-refractivity contribution in [1.29, 1.82) is 0 Å². The van der Waals surface area contributed by atoms with Gasteiger partial charge in [0.2, 0.25) is 0 Å². The molecule has 0 spiro atoms. The fourth-order valence-electron chi connectivity index (χ4n) is 3.04. The van der Waals surface area contributed by atoms with Crippen LogP contribution in [0, 0.1) is 0 Å². The molecule has 0 saturated carbocycles. The molecule has 2 heterocycles. The summed E-state index contributed by atoms with van der Waals surface area (Å²) in [6, 6.07) is 1.12. The van der Waals surface area contributed by atoms with Crippen LogP contribution in [0.2, 0.25) is 0 Å². The molecule has 0 bridgehead atoms. The number of aryl methyl sites for hydroxylation is 2. The molecular weight excluding hydrogens is 304 g/mol. The molecule has 2 unspecified atom stereocenters. The lowest BCUT2D eigenvalue weighted by Crippen LogP contribution is -2.48. The summed E-state index contributed by atoms with van der Waals surface area (Å²) < 4.78 is 3.18. The number of nitrogens with two attached hydrogens (primary N) is 1. The third-order valence-corrected chi connectivity index (χ3v) is 5.22. The van der Waals surface area contributed by atoms with Crippen LogP contribution in [0.5, 0.6) is 0 Å². The molecule has 1 fully saturated rings. The van der Waals surface area contributed by atoms with Crippen LogP contribution in [-0.2, 0) is 20.0 Å². The first-order chi connectivity index (χ1) is 9.08. The van der Waals surface area contributed by atoms with Gasteiger partial charge in [-0.1, -0.05) is 13.3 Å². The lowest BCUT2D eigenvalue weighted by molar-refractivity contribution is 0.0862. The molecule has 0 amide bonds. The zero-order valence-electron chi connectivity index (χ0n) is 12.2. The van der Waals surface area contributed by atoms with Gasteiger partial charge in [-0.2, -0.15) is 5.10 Å². The molecule has 1 saturated heterocycles. The van der Waals surface area contributed by atoms with Gasteiger partial charge in [0.25, 0.3) is 0 Å². The maximum atomic E-state index is 5.94. The zero-order valence-corrected chi connectivity index (χ0v) is 13.8. The van der Waals surface area contributed by atoms with Gasteiger partial charge < -0.3 is 5.73 Å². The Bertz CT molecular complexity index is 429. The largest absolute Gasteiger partial charge is 0.329 e. The Balaban J connectivity index is 2.21. The highest BCUT2D eigenvalue weighted by Gasteiger charge is 2.28. The van der Waals surface area contributed by atoms with Crippen LogP contribution in [0.4, 0.5) is 0 Å². The molecule has 0 aliphatic carbocycles. The highest BCUT2D eigenvalue weighted by Crippen LogP contribution is 2.28. The molecule has 1 aliphatic rings. The Morgan fingerprint density at radius 2 is 2.16 bits per heavy atom. The van der Waals surface area contributed by atoms with Crippen molar-refractivity contribution in [1.82, 2.24) is 14.7 Å². The normalized spacial score (nSPS) is 24.9. The molecule has 19 heavy (non-hydrogen) atoms. The molecule has 1 aromatic heterocycles. The van der Waals surface area contributed by atoms with Crippen LogP contribution in [0.25, 0.3) is 0 Å². The van der Waals surface area contributed by atoms with Crippen LogP contribution in [0.3, 0.4) is 0 Å². The van der Waals surface area contributed by atoms with E-state index in [1.54, 1.807) is 0 Å². The van der Waals surface area contributed by atoms with Gasteiger partial charge in [0.15, 0.2) is 0 Å². The van der Waals surface area contributed by atoms with Crippen molar-refractivity contribution in [3.05, 3.63) is 15.9 Å². The van der Waals surface area contributed by atoms with Crippen molar-refractivity contribution in [3.63, 3.8) is 0 Å². The monoisotopic (exact) mass is 328 g/mol. The third-order valence-electron chi connectivity index (χ3n) is 4.30. The van der Waals surface area contributed by atoms with Gasteiger partial charge in [0, 0.05) is 32.2 Å². The number of piperidine rings is 1. The van der Waals surface area contributed by atoms with Crippen molar-refractivity contribution >= 4 is 15.9 Å². The van der Waals surface area contributed by atoms with E-state index in [-0.39, 0.29) is 0 Å². The second kappa shape index (κ2) is 6.37. The maximum Gasteiger partial charge on any atom is 0.0767 e. The second-order valence-electron chi connectivity index (χ2n) is 5.53. The Kier molecular flexibility index (Phi) is 5.03. The standard InChI is InChI=1S/C14H25BrN4/c1-4-12-14(15)13(18(3)17-12)9-19-10(2)6-5-7-11(19)8-16/h10-11H,4-9,16H2,1-3H3. The van der Waals surface area contributed by atoms with E-state index in [0.29, 0.717) is 12.1 Å². The average Bonchev–Trinajstić information content (AvgIpc) is 2.68. The summed E-state index contributed by atoms with van der Waals surface area (Å²) in [5.41, 5.74) is 8.35. The average molecular weight is 329 g/mol. The van der Waals surface area contributed by atoms with E-state index in [4.69, 9.17) is 5.73 Å². The number of halogens is 1.